The predicted molar refractivity (Wildman–Crippen MR) is 181 cm³/mol. The van der Waals surface area contributed by atoms with E-state index >= 15 is 0 Å². The summed E-state index contributed by atoms with van der Waals surface area (Å²) in [6.45, 7) is 2.44. The highest BCUT2D eigenvalue weighted by Gasteiger charge is 2.45. The van der Waals surface area contributed by atoms with Crippen LogP contribution < -0.4 is 21.6 Å². The van der Waals surface area contributed by atoms with Crippen molar-refractivity contribution in [1.29, 1.82) is 0 Å². The van der Waals surface area contributed by atoms with Crippen LogP contribution >= 0.6 is 0 Å². The normalized spacial score (nSPS) is 13.6. The number of Topliss-reactive ketones (excluding diaryl/α,β-unsaturated/α-hetero) is 3. The first-order valence-corrected chi connectivity index (χ1v) is 16.8. The average Bonchev–Trinajstić information content (AvgIpc) is 3.06. The third-order valence-electron chi connectivity index (χ3n) is 8.22. The van der Waals surface area contributed by atoms with Gasteiger partial charge in [0.15, 0.2) is 11.6 Å². The van der Waals surface area contributed by atoms with Crippen LogP contribution in [-0.2, 0) is 49.6 Å². The summed E-state index contributed by atoms with van der Waals surface area (Å²) in [5.41, 5.74) is -0.0779. The maximum absolute atomic E-state index is 13.3. The summed E-state index contributed by atoms with van der Waals surface area (Å²) >= 11 is 0. The van der Waals surface area contributed by atoms with Crippen LogP contribution in [0.2, 0.25) is 0 Å². The minimum atomic E-state index is -5.46. The number of carbonyl (C=O) groups excluding carboxylic acids is 6. The zero-order valence-corrected chi connectivity index (χ0v) is 29.6. The standard InChI is InChI=1S/C35H40F3N3O14/c1-17(2)32(24(43)12-20(14-29(48)49)33(53)35(36,37)38)41-34(54)18(7-8-28(46)47)11-23(42)22(16-30(50)51)40-26(44)9-10-39-27(45)13-19-15-31(52)55-25-6-4-3-5-21(19)25/h3-6,15,17-18,20,22,32H,7-14,16H2,1-2H3,(H,39,45)(H,40,44)(H,41,54)(H,46,47)(H,48,49)(H,50,51)/t18?,20?,22?,32-/m1/s1. The van der Waals surface area contributed by atoms with Gasteiger partial charge in [-0.2, -0.15) is 13.2 Å². The Bertz CT molecular complexity index is 1860. The number of alkyl halides is 3. The van der Waals surface area contributed by atoms with Gasteiger partial charge in [0.2, 0.25) is 23.5 Å². The number of para-hydroxylation sites is 1. The maximum atomic E-state index is 13.3. The molecule has 0 spiro atoms. The third kappa shape index (κ3) is 15.1. The van der Waals surface area contributed by atoms with E-state index in [1.807, 2.05) is 0 Å². The van der Waals surface area contributed by atoms with Crippen molar-refractivity contribution in [3.63, 3.8) is 0 Å². The molecule has 0 aliphatic carbocycles. The van der Waals surface area contributed by atoms with Crippen LogP contribution in [0.3, 0.4) is 0 Å². The number of halogens is 3. The lowest BCUT2D eigenvalue weighted by atomic mass is 9.87. The fourth-order valence-electron chi connectivity index (χ4n) is 5.53. The molecule has 0 aliphatic heterocycles. The SMILES string of the molecule is CC(C)[C@@H](NC(=O)C(CCC(=O)O)CC(=O)C(CC(=O)O)NC(=O)CCNC(=O)Cc1cc(=O)oc2ccccc12)C(=O)CC(CC(=O)O)C(=O)C(F)(F)F. The first kappa shape index (κ1) is 45.2. The fraction of sp³-hybridized carbons (Fsp3) is 0.486. The number of carbonyl (C=O) groups is 9. The Hall–Kier alpha value is -5.95. The zero-order chi connectivity index (χ0) is 41.6. The zero-order valence-electron chi connectivity index (χ0n) is 29.6. The predicted octanol–water partition coefficient (Wildman–Crippen LogP) is 1.56. The molecular weight excluding hydrogens is 743 g/mol. The number of fused-ring (bicyclic) bond motifs is 1. The van der Waals surface area contributed by atoms with Crippen molar-refractivity contribution in [3.05, 3.63) is 46.3 Å². The van der Waals surface area contributed by atoms with E-state index in [1.54, 1.807) is 24.3 Å². The van der Waals surface area contributed by atoms with Crippen molar-refractivity contribution in [2.75, 3.05) is 6.54 Å². The van der Waals surface area contributed by atoms with Gasteiger partial charge in [-0.1, -0.05) is 32.0 Å². The van der Waals surface area contributed by atoms with Crippen molar-refractivity contribution in [1.82, 2.24) is 16.0 Å². The van der Waals surface area contributed by atoms with Crippen molar-refractivity contribution >= 4 is 63.9 Å². The third-order valence-corrected chi connectivity index (χ3v) is 8.22. The second kappa shape index (κ2) is 20.5. The van der Waals surface area contributed by atoms with Gasteiger partial charge in [-0.15, -0.1) is 0 Å². The Morgan fingerprint density at radius 2 is 1.38 bits per heavy atom. The second-order valence-corrected chi connectivity index (χ2v) is 12.9. The highest BCUT2D eigenvalue weighted by molar-refractivity contribution is 5.98. The van der Waals surface area contributed by atoms with E-state index < -0.39 is 140 Å². The summed E-state index contributed by atoms with van der Waals surface area (Å²) in [6, 6.07) is 4.26. The molecule has 55 heavy (non-hydrogen) atoms. The van der Waals surface area contributed by atoms with Crippen LogP contribution in [0.15, 0.2) is 39.5 Å². The topological polar surface area (TPSA) is 281 Å². The van der Waals surface area contributed by atoms with E-state index in [0.29, 0.717) is 10.9 Å². The van der Waals surface area contributed by atoms with Gasteiger partial charge in [-0.25, -0.2) is 4.79 Å². The van der Waals surface area contributed by atoms with Crippen LogP contribution in [0.25, 0.3) is 11.0 Å². The largest absolute Gasteiger partial charge is 0.481 e. The molecule has 1 heterocycles. The number of rotatable bonds is 23. The van der Waals surface area contributed by atoms with Crippen LogP contribution in [0, 0.1) is 17.8 Å². The molecule has 0 fully saturated rings. The van der Waals surface area contributed by atoms with Gasteiger partial charge in [-0.05, 0) is 24.0 Å². The minimum Gasteiger partial charge on any atom is -0.481 e. The van der Waals surface area contributed by atoms with Crippen LogP contribution in [-0.4, -0.2) is 93.1 Å². The number of ketones is 3. The molecule has 2 aromatic rings. The van der Waals surface area contributed by atoms with Gasteiger partial charge in [-0.3, -0.25) is 43.2 Å². The number of nitrogens with one attached hydrogen (secondary N) is 3. The lowest BCUT2D eigenvalue weighted by Crippen LogP contribution is -2.49. The molecule has 6 N–H and O–H groups in total. The van der Waals surface area contributed by atoms with Crippen molar-refractivity contribution in [2.45, 2.75) is 83.5 Å². The number of amides is 3. The molecule has 17 nitrogen and oxygen atoms in total. The lowest BCUT2D eigenvalue weighted by Gasteiger charge is -2.26. The first-order chi connectivity index (χ1) is 25.6. The smallest absolute Gasteiger partial charge is 0.450 e. The molecule has 3 unspecified atom stereocenters. The van der Waals surface area contributed by atoms with Crippen LogP contribution in [0.1, 0.15) is 64.4 Å². The van der Waals surface area contributed by atoms with E-state index in [0.717, 1.165) is 6.07 Å². The second-order valence-electron chi connectivity index (χ2n) is 12.9. The number of benzene rings is 1. The highest BCUT2D eigenvalue weighted by atomic mass is 19.4. The van der Waals surface area contributed by atoms with Crippen LogP contribution in [0.5, 0.6) is 0 Å². The van der Waals surface area contributed by atoms with E-state index in [1.165, 1.54) is 13.8 Å². The average molecular weight is 784 g/mol. The summed E-state index contributed by atoms with van der Waals surface area (Å²) in [7, 11) is 0. The summed E-state index contributed by atoms with van der Waals surface area (Å²) in [6.07, 6.45) is -11.8. The lowest BCUT2D eigenvalue weighted by molar-refractivity contribution is -0.177. The molecular formula is C35H40F3N3O14. The van der Waals surface area contributed by atoms with Crippen molar-refractivity contribution in [3.8, 4) is 0 Å². The fourth-order valence-corrected chi connectivity index (χ4v) is 5.53. The van der Waals surface area contributed by atoms with Gasteiger partial charge in [0.05, 0.1) is 31.3 Å². The number of hydrogen-bond acceptors (Lipinski definition) is 11. The molecule has 3 amide bonds. The summed E-state index contributed by atoms with van der Waals surface area (Å²) in [4.78, 5) is 123. The monoisotopic (exact) mass is 783 g/mol. The van der Waals surface area contributed by atoms with Crippen LogP contribution in [0.4, 0.5) is 13.2 Å². The molecule has 2 rings (SSSR count). The van der Waals surface area contributed by atoms with Gasteiger partial charge < -0.3 is 35.7 Å². The number of hydrogen-bond donors (Lipinski definition) is 6. The van der Waals surface area contributed by atoms with E-state index in [9.17, 15) is 71.3 Å². The molecule has 0 saturated carbocycles. The Morgan fingerprint density at radius 3 is 1.96 bits per heavy atom. The molecule has 300 valence electrons. The quantitative estimate of drug-likeness (QED) is 0.0873. The molecule has 0 bridgehead atoms. The summed E-state index contributed by atoms with van der Waals surface area (Å²) in [5, 5.41) is 35.0. The Morgan fingerprint density at radius 1 is 0.764 bits per heavy atom. The highest BCUT2D eigenvalue weighted by Crippen LogP contribution is 2.27. The Balaban J connectivity index is 2.14. The molecule has 20 heteroatoms. The molecule has 4 atom stereocenters. The number of carboxylic acids is 3. The Kier molecular flexibility index (Phi) is 16.8. The minimum absolute atomic E-state index is 0.255. The number of aliphatic carboxylic acids is 3. The van der Waals surface area contributed by atoms with Crippen molar-refractivity contribution < 1.29 is 76.1 Å². The molecule has 0 radical (unpaired) electrons. The van der Waals surface area contributed by atoms with Gasteiger partial charge in [0.1, 0.15) is 5.58 Å². The molecule has 0 aliphatic rings. The summed E-state index contributed by atoms with van der Waals surface area (Å²) < 4.78 is 44.4. The van der Waals surface area contributed by atoms with Gasteiger partial charge >= 0.3 is 29.7 Å². The molecule has 0 saturated heterocycles. The number of carboxylic acid groups (broad SMARTS) is 3. The van der Waals surface area contributed by atoms with Crippen molar-refractivity contribution in [2.24, 2.45) is 17.8 Å². The maximum Gasteiger partial charge on any atom is 0.450 e. The molecule has 1 aromatic heterocycles. The Labute approximate surface area is 310 Å². The summed E-state index contributed by atoms with van der Waals surface area (Å²) in [5.74, 6) is -16.8. The first-order valence-electron chi connectivity index (χ1n) is 16.8. The van der Waals surface area contributed by atoms with E-state index in [2.05, 4.69) is 16.0 Å². The van der Waals surface area contributed by atoms with Gasteiger partial charge in [0.25, 0.3) is 0 Å². The van der Waals surface area contributed by atoms with Gasteiger partial charge in [0, 0.05) is 55.5 Å². The van der Waals surface area contributed by atoms with E-state index in [4.69, 9.17) is 9.52 Å². The van der Waals surface area contributed by atoms with E-state index in [-0.39, 0.29) is 18.5 Å². The molecule has 1 aromatic carbocycles.